The monoisotopic (exact) mass is 314 g/mol. The lowest BCUT2D eigenvalue weighted by molar-refractivity contribution is -0.137. The summed E-state index contributed by atoms with van der Waals surface area (Å²) in [5.74, 6) is -0.370. The highest BCUT2D eigenvalue weighted by Gasteiger charge is 2.29. The second kappa shape index (κ2) is 7.11. The molecule has 120 valence electrons. The lowest BCUT2D eigenvalue weighted by Gasteiger charge is -2.30. The van der Waals surface area contributed by atoms with Gasteiger partial charge in [-0.2, -0.15) is 0 Å². The van der Waals surface area contributed by atoms with Gasteiger partial charge in [0.15, 0.2) is 5.76 Å². The number of hydrogen-bond donors (Lipinski definition) is 1. The number of carbonyl (C=O) groups is 2. The van der Waals surface area contributed by atoms with Crippen LogP contribution in [0.5, 0.6) is 0 Å². The molecular weight excluding hydrogens is 296 g/mol. The van der Waals surface area contributed by atoms with Gasteiger partial charge in [-0.3, -0.25) is 9.59 Å². The fraction of sp³-hybridized carbons (Fsp3) is 0.294. The van der Waals surface area contributed by atoms with Crippen molar-refractivity contribution < 1.29 is 18.7 Å². The lowest BCUT2D eigenvalue weighted by Crippen LogP contribution is -2.47. The van der Waals surface area contributed by atoms with Gasteiger partial charge in [0, 0.05) is 13.1 Å². The Labute approximate surface area is 134 Å². The number of rotatable bonds is 4. The molecule has 6 nitrogen and oxygen atoms in total. The van der Waals surface area contributed by atoms with Crippen LogP contribution in [0.1, 0.15) is 22.2 Å². The number of morpholine rings is 1. The number of amides is 2. The van der Waals surface area contributed by atoms with E-state index in [-0.39, 0.29) is 11.7 Å². The van der Waals surface area contributed by atoms with Gasteiger partial charge >= 0.3 is 0 Å². The van der Waals surface area contributed by atoms with Gasteiger partial charge in [0.2, 0.25) is 5.91 Å². The molecule has 1 atom stereocenters. The van der Waals surface area contributed by atoms with Gasteiger partial charge in [0.25, 0.3) is 5.91 Å². The van der Waals surface area contributed by atoms with Gasteiger partial charge in [-0.05, 0) is 17.7 Å². The van der Waals surface area contributed by atoms with Crippen molar-refractivity contribution in [2.24, 2.45) is 0 Å². The number of furan rings is 1. The van der Waals surface area contributed by atoms with E-state index in [2.05, 4.69) is 5.32 Å². The predicted molar refractivity (Wildman–Crippen MR) is 82.8 cm³/mol. The van der Waals surface area contributed by atoms with Crippen LogP contribution < -0.4 is 5.32 Å². The molecule has 2 heterocycles. The fourth-order valence-corrected chi connectivity index (χ4v) is 2.51. The Morgan fingerprint density at radius 1 is 1.04 bits per heavy atom. The quantitative estimate of drug-likeness (QED) is 0.930. The highest BCUT2D eigenvalue weighted by molar-refractivity contribution is 5.95. The van der Waals surface area contributed by atoms with Crippen molar-refractivity contribution >= 4 is 11.8 Å². The van der Waals surface area contributed by atoms with Crippen LogP contribution in [0.3, 0.4) is 0 Å². The number of nitrogens with zero attached hydrogens (tertiary/aromatic N) is 1. The number of nitrogens with one attached hydrogen (secondary N) is 1. The van der Waals surface area contributed by atoms with Gasteiger partial charge in [-0.25, -0.2) is 0 Å². The van der Waals surface area contributed by atoms with E-state index >= 15 is 0 Å². The van der Waals surface area contributed by atoms with Crippen molar-refractivity contribution in [3.8, 4) is 0 Å². The molecule has 23 heavy (non-hydrogen) atoms. The Hall–Kier alpha value is -2.60. The summed E-state index contributed by atoms with van der Waals surface area (Å²) in [4.78, 5) is 26.8. The molecule has 1 aliphatic rings. The maximum absolute atomic E-state index is 12.8. The van der Waals surface area contributed by atoms with Crippen LogP contribution in [0, 0.1) is 0 Å². The predicted octanol–water partition coefficient (Wildman–Crippen LogP) is 1.61. The molecule has 2 aromatic rings. The van der Waals surface area contributed by atoms with Crippen LogP contribution in [0.2, 0.25) is 0 Å². The lowest BCUT2D eigenvalue weighted by atomic mass is 10.0. The molecule has 0 bridgehead atoms. The molecular formula is C17H18N2O4. The van der Waals surface area contributed by atoms with Crippen LogP contribution >= 0.6 is 0 Å². The third-order valence-corrected chi connectivity index (χ3v) is 3.72. The molecule has 2 amide bonds. The SMILES string of the molecule is O=C(N[C@H](C(=O)N1CCOCC1)c1ccccc1)c1ccco1. The molecule has 1 aliphatic heterocycles. The van der Waals surface area contributed by atoms with Crippen molar-refractivity contribution in [2.45, 2.75) is 6.04 Å². The molecule has 0 saturated carbocycles. The average molecular weight is 314 g/mol. The Bertz CT molecular complexity index is 648. The second-order valence-corrected chi connectivity index (χ2v) is 5.23. The minimum Gasteiger partial charge on any atom is -0.459 e. The number of benzene rings is 1. The maximum atomic E-state index is 12.8. The molecule has 0 radical (unpaired) electrons. The van der Waals surface area contributed by atoms with Gasteiger partial charge < -0.3 is 19.4 Å². The Morgan fingerprint density at radius 3 is 2.43 bits per heavy atom. The van der Waals surface area contributed by atoms with Crippen LogP contribution in [0.25, 0.3) is 0 Å². The third-order valence-electron chi connectivity index (χ3n) is 3.72. The van der Waals surface area contributed by atoms with E-state index in [9.17, 15) is 9.59 Å². The highest BCUT2D eigenvalue weighted by Crippen LogP contribution is 2.18. The van der Waals surface area contributed by atoms with E-state index in [1.165, 1.54) is 6.26 Å². The van der Waals surface area contributed by atoms with Crippen LogP contribution in [0.15, 0.2) is 53.1 Å². The first-order valence-corrected chi connectivity index (χ1v) is 7.51. The molecule has 0 aliphatic carbocycles. The maximum Gasteiger partial charge on any atom is 0.287 e. The number of ether oxygens (including phenoxy) is 1. The van der Waals surface area contributed by atoms with Crippen molar-refractivity contribution in [2.75, 3.05) is 26.3 Å². The average Bonchev–Trinajstić information content (AvgIpc) is 3.15. The molecule has 0 spiro atoms. The van der Waals surface area contributed by atoms with Crippen LogP contribution in [-0.4, -0.2) is 43.0 Å². The van der Waals surface area contributed by atoms with E-state index in [1.807, 2.05) is 30.3 Å². The number of carbonyl (C=O) groups excluding carboxylic acids is 2. The van der Waals surface area contributed by atoms with E-state index in [4.69, 9.17) is 9.15 Å². The smallest absolute Gasteiger partial charge is 0.287 e. The summed E-state index contributed by atoms with van der Waals surface area (Å²) >= 11 is 0. The Kier molecular flexibility index (Phi) is 4.73. The Morgan fingerprint density at radius 2 is 1.78 bits per heavy atom. The molecule has 0 unspecified atom stereocenters. The first-order chi connectivity index (χ1) is 11.3. The molecule has 6 heteroatoms. The number of hydrogen-bond acceptors (Lipinski definition) is 4. The zero-order chi connectivity index (χ0) is 16.1. The van der Waals surface area contributed by atoms with Gasteiger partial charge in [-0.15, -0.1) is 0 Å². The summed E-state index contributed by atoms with van der Waals surface area (Å²) in [5, 5.41) is 2.77. The van der Waals surface area contributed by atoms with E-state index in [0.29, 0.717) is 26.3 Å². The second-order valence-electron chi connectivity index (χ2n) is 5.23. The summed E-state index contributed by atoms with van der Waals surface area (Å²) in [6.07, 6.45) is 1.43. The van der Waals surface area contributed by atoms with Crippen molar-refractivity contribution in [1.82, 2.24) is 10.2 Å². The fourth-order valence-electron chi connectivity index (χ4n) is 2.51. The van der Waals surface area contributed by atoms with Crippen LogP contribution in [0.4, 0.5) is 0 Å². The molecule has 1 saturated heterocycles. The van der Waals surface area contributed by atoms with Crippen molar-refractivity contribution in [3.05, 3.63) is 60.1 Å². The minimum atomic E-state index is -0.744. The summed E-state index contributed by atoms with van der Waals surface area (Å²) in [6, 6.07) is 11.7. The van der Waals surface area contributed by atoms with Crippen molar-refractivity contribution in [3.63, 3.8) is 0 Å². The molecule has 1 N–H and O–H groups in total. The third kappa shape index (κ3) is 3.60. The zero-order valence-corrected chi connectivity index (χ0v) is 12.6. The molecule has 1 aromatic heterocycles. The van der Waals surface area contributed by atoms with Crippen LogP contribution in [-0.2, 0) is 9.53 Å². The summed E-state index contributed by atoms with van der Waals surface area (Å²) < 4.78 is 10.4. The van der Waals surface area contributed by atoms with Gasteiger partial charge in [-0.1, -0.05) is 30.3 Å². The topological polar surface area (TPSA) is 71.8 Å². The summed E-state index contributed by atoms with van der Waals surface area (Å²) in [5.41, 5.74) is 0.740. The summed E-state index contributed by atoms with van der Waals surface area (Å²) in [7, 11) is 0. The Balaban J connectivity index is 1.81. The van der Waals surface area contributed by atoms with Gasteiger partial charge in [0.05, 0.1) is 19.5 Å². The largest absolute Gasteiger partial charge is 0.459 e. The first-order valence-electron chi connectivity index (χ1n) is 7.51. The van der Waals surface area contributed by atoms with Crippen molar-refractivity contribution in [1.29, 1.82) is 0 Å². The normalized spacial score (nSPS) is 15.9. The van der Waals surface area contributed by atoms with Gasteiger partial charge in [0.1, 0.15) is 6.04 Å². The summed E-state index contributed by atoms with van der Waals surface area (Å²) in [6.45, 7) is 2.08. The molecule has 3 rings (SSSR count). The highest BCUT2D eigenvalue weighted by atomic mass is 16.5. The molecule has 1 aromatic carbocycles. The standard InChI is InChI=1S/C17H18N2O4/c20-16(14-7-4-10-23-14)18-15(13-5-2-1-3-6-13)17(21)19-8-11-22-12-9-19/h1-7,10,15H,8-9,11-12H2,(H,18,20)/t15-/m0/s1. The first kappa shape index (κ1) is 15.3. The van der Waals surface area contributed by atoms with E-state index in [1.54, 1.807) is 17.0 Å². The molecule has 1 fully saturated rings. The zero-order valence-electron chi connectivity index (χ0n) is 12.6. The van der Waals surface area contributed by atoms with E-state index < -0.39 is 11.9 Å². The minimum absolute atomic E-state index is 0.139. The van der Waals surface area contributed by atoms with E-state index in [0.717, 1.165) is 5.56 Å².